The van der Waals surface area contributed by atoms with Crippen LogP contribution < -0.4 is 15.8 Å². The van der Waals surface area contributed by atoms with Gasteiger partial charge in [-0.2, -0.15) is 0 Å². The molecule has 1 fully saturated rings. The molecular formula is C22H26N4O. The van der Waals surface area contributed by atoms with Crippen LogP contribution in [0.1, 0.15) is 18.4 Å². The van der Waals surface area contributed by atoms with Gasteiger partial charge in [-0.05, 0) is 49.0 Å². The van der Waals surface area contributed by atoms with Gasteiger partial charge >= 0.3 is 0 Å². The highest BCUT2D eigenvalue weighted by atomic mass is 16.5. The first-order valence-electron chi connectivity index (χ1n) is 9.49. The highest BCUT2D eigenvalue weighted by molar-refractivity contribution is 5.93. The Bertz CT molecular complexity index is 919. The number of likely N-dealkylation sites (tertiary alicyclic amines) is 1. The molecule has 140 valence electrons. The number of nitrogens with two attached hydrogens (primary N) is 1. The summed E-state index contributed by atoms with van der Waals surface area (Å²) in [6, 6.07) is 16.3. The number of rotatable bonds is 5. The minimum absolute atomic E-state index is 0.294. The van der Waals surface area contributed by atoms with E-state index in [9.17, 15) is 0 Å². The molecule has 0 unspecified atom stereocenters. The molecule has 0 spiro atoms. The quantitative estimate of drug-likeness (QED) is 0.674. The predicted molar refractivity (Wildman–Crippen MR) is 111 cm³/mol. The first-order valence-corrected chi connectivity index (χ1v) is 9.49. The van der Waals surface area contributed by atoms with Crippen LogP contribution in [0.4, 0.5) is 11.5 Å². The largest absolute Gasteiger partial charge is 0.490 e. The zero-order valence-corrected chi connectivity index (χ0v) is 15.7. The third-order valence-electron chi connectivity index (χ3n) is 5.15. The van der Waals surface area contributed by atoms with E-state index in [-0.39, 0.29) is 0 Å². The van der Waals surface area contributed by atoms with Gasteiger partial charge in [0.15, 0.2) is 0 Å². The Morgan fingerprint density at radius 3 is 2.85 bits per heavy atom. The molecule has 0 aliphatic carbocycles. The van der Waals surface area contributed by atoms with Crippen LogP contribution in [0.2, 0.25) is 0 Å². The molecule has 0 bridgehead atoms. The highest BCUT2D eigenvalue weighted by Crippen LogP contribution is 2.23. The lowest BCUT2D eigenvalue weighted by Crippen LogP contribution is -2.35. The maximum absolute atomic E-state index is 6.15. The Morgan fingerprint density at radius 1 is 1.15 bits per heavy atom. The van der Waals surface area contributed by atoms with Crippen LogP contribution in [-0.2, 0) is 6.54 Å². The van der Waals surface area contributed by atoms with Crippen LogP contribution in [0, 0.1) is 0 Å². The molecule has 2 aromatic carbocycles. The lowest BCUT2D eigenvalue weighted by molar-refractivity contribution is 0.114. The topological polar surface area (TPSA) is 63.4 Å². The van der Waals surface area contributed by atoms with Crippen molar-refractivity contribution in [2.24, 2.45) is 0 Å². The summed E-state index contributed by atoms with van der Waals surface area (Å²) in [5.41, 5.74) is 8.03. The van der Waals surface area contributed by atoms with E-state index in [0.717, 1.165) is 54.0 Å². The minimum atomic E-state index is 0.294. The van der Waals surface area contributed by atoms with Crippen molar-refractivity contribution < 1.29 is 4.74 Å². The van der Waals surface area contributed by atoms with Gasteiger partial charge in [-0.1, -0.05) is 24.3 Å². The summed E-state index contributed by atoms with van der Waals surface area (Å²) in [4.78, 5) is 6.76. The van der Waals surface area contributed by atoms with E-state index < -0.39 is 0 Å². The lowest BCUT2D eigenvalue weighted by atomic mass is 10.1. The first-order chi connectivity index (χ1) is 13.2. The third kappa shape index (κ3) is 4.31. The molecule has 4 rings (SSSR count). The molecule has 3 N–H and O–H groups in total. The second kappa shape index (κ2) is 7.84. The number of pyridine rings is 1. The highest BCUT2D eigenvalue weighted by Gasteiger charge is 2.18. The number of benzene rings is 2. The standard InChI is InChI=1S/C22H26N4O/c1-26-11-8-18(9-12-26)27-19-7-10-24-22(14-19)25-15-16-5-6-20-17(13-16)3-2-4-21(20)23/h2-7,10,13-14,18H,8-9,11-12,15,23H2,1H3,(H,24,25). The number of nitrogens with zero attached hydrogens (tertiary/aromatic N) is 2. The van der Waals surface area contributed by atoms with E-state index in [0.29, 0.717) is 12.6 Å². The summed E-state index contributed by atoms with van der Waals surface area (Å²) in [7, 11) is 2.16. The summed E-state index contributed by atoms with van der Waals surface area (Å²) < 4.78 is 6.15. The molecule has 1 aliphatic heterocycles. The Labute approximate surface area is 160 Å². The van der Waals surface area contributed by atoms with E-state index in [4.69, 9.17) is 10.5 Å². The maximum Gasteiger partial charge on any atom is 0.129 e. The molecule has 27 heavy (non-hydrogen) atoms. The Kier molecular flexibility index (Phi) is 5.12. The van der Waals surface area contributed by atoms with Crippen molar-refractivity contribution in [2.75, 3.05) is 31.2 Å². The van der Waals surface area contributed by atoms with E-state index in [1.807, 2.05) is 24.3 Å². The molecular weight excluding hydrogens is 336 g/mol. The van der Waals surface area contributed by atoms with E-state index >= 15 is 0 Å². The molecule has 1 saturated heterocycles. The Balaban J connectivity index is 1.40. The number of hydrogen-bond acceptors (Lipinski definition) is 5. The summed E-state index contributed by atoms with van der Waals surface area (Å²) in [6.07, 6.45) is 4.24. The third-order valence-corrected chi connectivity index (χ3v) is 5.15. The molecule has 5 nitrogen and oxygen atoms in total. The van der Waals surface area contributed by atoms with E-state index in [2.05, 4.69) is 46.5 Å². The van der Waals surface area contributed by atoms with Crippen LogP contribution in [0.3, 0.4) is 0 Å². The Hall–Kier alpha value is -2.79. The molecule has 0 saturated carbocycles. The average Bonchev–Trinajstić information content (AvgIpc) is 2.69. The van der Waals surface area contributed by atoms with Crippen molar-refractivity contribution in [2.45, 2.75) is 25.5 Å². The molecule has 2 heterocycles. The first kappa shape index (κ1) is 17.6. The fourth-order valence-electron chi connectivity index (χ4n) is 3.54. The molecule has 0 atom stereocenters. The van der Waals surface area contributed by atoms with Crippen molar-refractivity contribution in [3.8, 4) is 5.75 Å². The number of piperidine rings is 1. The molecule has 3 aromatic rings. The molecule has 0 amide bonds. The van der Waals surface area contributed by atoms with Crippen molar-refractivity contribution in [3.63, 3.8) is 0 Å². The number of hydrogen-bond donors (Lipinski definition) is 2. The molecule has 1 aromatic heterocycles. The predicted octanol–water partition coefficient (Wildman–Crippen LogP) is 3.90. The summed E-state index contributed by atoms with van der Waals surface area (Å²) >= 11 is 0. The zero-order valence-electron chi connectivity index (χ0n) is 15.7. The normalized spacial score (nSPS) is 15.7. The van der Waals surface area contributed by atoms with Gasteiger partial charge in [0.1, 0.15) is 17.7 Å². The fourth-order valence-corrected chi connectivity index (χ4v) is 3.54. The molecule has 1 aliphatic rings. The fraction of sp³-hybridized carbons (Fsp3) is 0.318. The second-order valence-electron chi connectivity index (χ2n) is 7.25. The van der Waals surface area contributed by atoms with Gasteiger partial charge in [0.25, 0.3) is 0 Å². The lowest BCUT2D eigenvalue weighted by Gasteiger charge is -2.29. The number of aromatic nitrogens is 1. The number of nitrogen functional groups attached to an aromatic ring is 1. The van der Waals surface area contributed by atoms with Crippen LogP contribution in [0.15, 0.2) is 54.7 Å². The number of anilines is 2. The maximum atomic E-state index is 6.15. The smallest absolute Gasteiger partial charge is 0.129 e. The van der Waals surface area contributed by atoms with Gasteiger partial charge in [-0.3, -0.25) is 0 Å². The number of ether oxygens (including phenoxy) is 1. The van der Waals surface area contributed by atoms with Gasteiger partial charge in [-0.15, -0.1) is 0 Å². The van der Waals surface area contributed by atoms with E-state index in [1.54, 1.807) is 6.20 Å². The van der Waals surface area contributed by atoms with Gasteiger partial charge in [-0.25, -0.2) is 4.98 Å². The van der Waals surface area contributed by atoms with Crippen molar-refractivity contribution >= 4 is 22.3 Å². The average molecular weight is 362 g/mol. The SMILES string of the molecule is CN1CCC(Oc2ccnc(NCc3ccc4c(N)cccc4c3)c2)CC1. The van der Waals surface area contributed by atoms with Gasteiger partial charge < -0.3 is 20.7 Å². The summed E-state index contributed by atoms with van der Waals surface area (Å²) in [5, 5.41) is 5.64. The monoisotopic (exact) mass is 362 g/mol. The van der Waals surface area contributed by atoms with Crippen LogP contribution in [0.5, 0.6) is 5.75 Å². The summed E-state index contributed by atoms with van der Waals surface area (Å²) in [6.45, 7) is 2.89. The zero-order chi connectivity index (χ0) is 18.6. The van der Waals surface area contributed by atoms with E-state index in [1.165, 1.54) is 5.56 Å². The van der Waals surface area contributed by atoms with Crippen molar-refractivity contribution in [3.05, 3.63) is 60.3 Å². The van der Waals surface area contributed by atoms with Crippen LogP contribution >= 0.6 is 0 Å². The second-order valence-corrected chi connectivity index (χ2v) is 7.25. The van der Waals surface area contributed by atoms with Gasteiger partial charge in [0, 0.05) is 43.0 Å². The van der Waals surface area contributed by atoms with Crippen LogP contribution in [0.25, 0.3) is 10.8 Å². The van der Waals surface area contributed by atoms with Gasteiger partial charge in [0.05, 0.1) is 0 Å². The van der Waals surface area contributed by atoms with Crippen molar-refractivity contribution in [1.82, 2.24) is 9.88 Å². The Morgan fingerprint density at radius 2 is 2.00 bits per heavy atom. The van der Waals surface area contributed by atoms with Crippen molar-refractivity contribution in [1.29, 1.82) is 0 Å². The minimum Gasteiger partial charge on any atom is -0.490 e. The van der Waals surface area contributed by atoms with Gasteiger partial charge in [0.2, 0.25) is 0 Å². The summed E-state index contributed by atoms with van der Waals surface area (Å²) in [5.74, 6) is 1.71. The molecule has 5 heteroatoms. The van der Waals surface area contributed by atoms with Crippen LogP contribution in [-0.4, -0.2) is 36.1 Å². The molecule has 0 radical (unpaired) electrons. The number of nitrogens with one attached hydrogen (secondary N) is 1. The number of fused-ring (bicyclic) bond motifs is 1.